The molecule has 0 bridgehead atoms. The van der Waals surface area contributed by atoms with Gasteiger partial charge in [-0.1, -0.05) is 11.6 Å². The van der Waals surface area contributed by atoms with Crippen LogP contribution >= 0.6 is 22.9 Å². The van der Waals surface area contributed by atoms with Crippen LogP contribution in [0.2, 0.25) is 5.02 Å². The summed E-state index contributed by atoms with van der Waals surface area (Å²) in [6, 6.07) is 7.12. The molecule has 0 amide bonds. The maximum absolute atomic E-state index is 10.6. The van der Waals surface area contributed by atoms with Gasteiger partial charge in [0.2, 0.25) is 0 Å². The van der Waals surface area contributed by atoms with Crippen LogP contribution in [-0.4, -0.2) is 6.29 Å². The first-order chi connectivity index (χ1) is 6.74. The van der Waals surface area contributed by atoms with E-state index in [1.165, 1.54) is 11.3 Å². The van der Waals surface area contributed by atoms with Crippen molar-refractivity contribution in [2.24, 2.45) is 0 Å². The van der Waals surface area contributed by atoms with E-state index in [0.29, 0.717) is 15.5 Å². The Hall–Kier alpha value is -1.37. The van der Waals surface area contributed by atoms with Gasteiger partial charge < -0.3 is 0 Å². The minimum atomic E-state index is 0.516. The smallest absolute Gasteiger partial charge is 0.150 e. The third-order valence-corrected chi connectivity index (χ3v) is 3.15. The number of thiophene rings is 1. The lowest BCUT2D eigenvalue weighted by atomic mass is 10.2. The zero-order valence-corrected chi connectivity index (χ0v) is 8.52. The molecule has 2 rings (SSSR count). The average Bonchev–Trinajstić information content (AvgIpc) is 2.61. The van der Waals surface area contributed by atoms with E-state index in [0.717, 1.165) is 16.4 Å². The summed E-state index contributed by atoms with van der Waals surface area (Å²) in [7, 11) is 0. The topological polar surface area (TPSA) is 40.9 Å². The lowest BCUT2D eigenvalue weighted by molar-refractivity contribution is 0.112. The van der Waals surface area contributed by atoms with Crippen LogP contribution in [-0.2, 0) is 0 Å². The molecule has 68 valence electrons. The lowest BCUT2D eigenvalue weighted by Gasteiger charge is -1.94. The van der Waals surface area contributed by atoms with Crippen molar-refractivity contribution in [3.63, 3.8) is 0 Å². The van der Waals surface area contributed by atoms with Crippen molar-refractivity contribution >= 4 is 39.3 Å². The zero-order chi connectivity index (χ0) is 10.1. The molecule has 2 aromatic rings. The van der Waals surface area contributed by atoms with Crippen molar-refractivity contribution in [2.75, 3.05) is 0 Å². The summed E-state index contributed by atoms with van der Waals surface area (Å²) in [6.07, 6.45) is 0.747. The number of halogens is 1. The number of nitriles is 1. The van der Waals surface area contributed by atoms with Gasteiger partial charge in [0.25, 0.3) is 0 Å². The van der Waals surface area contributed by atoms with Gasteiger partial charge in [-0.2, -0.15) is 5.26 Å². The van der Waals surface area contributed by atoms with Crippen LogP contribution in [0.5, 0.6) is 0 Å². The van der Waals surface area contributed by atoms with Gasteiger partial charge in [-0.05, 0) is 18.2 Å². The van der Waals surface area contributed by atoms with Crippen LogP contribution in [0, 0.1) is 11.3 Å². The molecule has 0 unspecified atom stereocenters. The first-order valence-electron chi connectivity index (χ1n) is 3.83. The Morgan fingerprint density at radius 1 is 1.43 bits per heavy atom. The Morgan fingerprint density at radius 3 is 2.86 bits per heavy atom. The Labute approximate surface area is 89.3 Å². The van der Waals surface area contributed by atoms with Gasteiger partial charge in [0.1, 0.15) is 17.2 Å². The lowest BCUT2D eigenvalue weighted by Crippen LogP contribution is -1.77. The predicted molar refractivity (Wildman–Crippen MR) is 56.9 cm³/mol. The normalized spacial score (nSPS) is 10.0. The molecule has 2 nitrogen and oxygen atoms in total. The van der Waals surface area contributed by atoms with Crippen molar-refractivity contribution in [2.45, 2.75) is 0 Å². The molecule has 0 saturated heterocycles. The van der Waals surface area contributed by atoms with Gasteiger partial charge in [0.05, 0.1) is 0 Å². The molecular weight excluding hydrogens is 218 g/mol. The molecule has 4 heteroatoms. The summed E-state index contributed by atoms with van der Waals surface area (Å²) in [5.74, 6) is 0. The van der Waals surface area contributed by atoms with Crippen LogP contribution in [0.25, 0.3) is 10.1 Å². The van der Waals surface area contributed by atoms with Crippen molar-refractivity contribution in [1.29, 1.82) is 5.26 Å². The fraction of sp³-hybridized carbons (Fsp3) is 0. The number of carbonyl (C=O) groups excluding carboxylic acids is 1. The summed E-state index contributed by atoms with van der Waals surface area (Å²) in [4.78, 5) is 11.2. The van der Waals surface area contributed by atoms with E-state index >= 15 is 0 Å². The number of hydrogen-bond acceptors (Lipinski definition) is 3. The molecule has 0 atom stereocenters. The molecule has 0 fully saturated rings. The summed E-state index contributed by atoms with van der Waals surface area (Å²) < 4.78 is 0.871. The number of aldehydes is 1. The van der Waals surface area contributed by atoms with E-state index < -0.39 is 0 Å². The molecule has 1 aromatic heterocycles. The quantitative estimate of drug-likeness (QED) is 0.694. The van der Waals surface area contributed by atoms with E-state index in [1.807, 2.05) is 0 Å². The molecule has 14 heavy (non-hydrogen) atoms. The van der Waals surface area contributed by atoms with Crippen LogP contribution in [0.3, 0.4) is 0 Å². The number of nitrogens with zero attached hydrogens (tertiary/aromatic N) is 1. The van der Waals surface area contributed by atoms with E-state index in [9.17, 15) is 4.79 Å². The number of fused-ring (bicyclic) bond motifs is 1. The molecular formula is C10H4ClNOS. The molecule has 1 heterocycles. The first kappa shape index (κ1) is 9.20. The highest BCUT2D eigenvalue weighted by Gasteiger charge is 2.06. The Bertz CT molecular complexity index is 553. The van der Waals surface area contributed by atoms with Gasteiger partial charge >= 0.3 is 0 Å². The molecule has 0 spiro atoms. The molecule has 0 saturated carbocycles. The van der Waals surface area contributed by atoms with Crippen LogP contribution in [0.4, 0.5) is 0 Å². The average molecular weight is 222 g/mol. The fourth-order valence-corrected chi connectivity index (χ4v) is 2.51. The number of hydrogen-bond donors (Lipinski definition) is 0. The maximum Gasteiger partial charge on any atom is 0.150 e. The molecule has 1 aromatic carbocycles. The Morgan fingerprint density at radius 2 is 2.21 bits per heavy atom. The van der Waals surface area contributed by atoms with Gasteiger partial charge in [-0.3, -0.25) is 4.79 Å². The zero-order valence-electron chi connectivity index (χ0n) is 6.95. The van der Waals surface area contributed by atoms with E-state index in [4.69, 9.17) is 16.9 Å². The van der Waals surface area contributed by atoms with Crippen molar-refractivity contribution in [3.05, 3.63) is 33.7 Å². The van der Waals surface area contributed by atoms with Crippen LogP contribution < -0.4 is 0 Å². The number of carbonyl (C=O) groups is 1. The van der Waals surface area contributed by atoms with Gasteiger partial charge in [0, 0.05) is 20.7 Å². The molecule has 0 aliphatic heterocycles. The van der Waals surface area contributed by atoms with E-state index in [-0.39, 0.29) is 0 Å². The Kier molecular flexibility index (Phi) is 2.24. The second-order valence-electron chi connectivity index (χ2n) is 2.75. The largest absolute Gasteiger partial charge is 0.298 e. The monoisotopic (exact) mass is 221 g/mol. The molecule has 0 aliphatic carbocycles. The first-order valence-corrected chi connectivity index (χ1v) is 5.02. The summed E-state index contributed by atoms with van der Waals surface area (Å²) in [5.41, 5.74) is 0.536. The number of benzene rings is 1. The predicted octanol–water partition coefficient (Wildman–Crippen LogP) is 3.24. The van der Waals surface area contributed by atoms with E-state index in [2.05, 4.69) is 6.07 Å². The van der Waals surface area contributed by atoms with Crippen molar-refractivity contribution < 1.29 is 4.79 Å². The maximum atomic E-state index is 10.6. The summed E-state index contributed by atoms with van der Waals surface area (Å²) in [6.45, 7) is 0. The highest BCUT2D eigenvalue weighted by molar-refractivity contribution is 7.19. The second kappa shape index (κ2) is 3.41. The summed E-state index contributed by atoms with van der Waals surface area (Å²) >= 11 is 7.29. The van der Waals surface area contributed by atoms with Crippen molar-refractivity contribution in [3.8, 4) is 6.07 Å². The fourth-order valence-electron chi connectivity index (χ4n) is 1.24. The summed E-state index contributed by atoms with van der Waals surface area (Å²) in [5, 5.41) is 10.1. The minimum Gasteiger partial charge on any atom is -0.298 e. The Balaban J connectivity index is 2.81. The van der Waals surface area contributed by atoms with Crippen LogP contribution in [0.15, 0.2) is 18.2 Å². The van der Waals surface area contributed by atoms with Crippen molar-refractivity contribution in [1.82, 2.24) is 0 Å². The molecule has 0 aliphatic rings. The molecule has 0 radical (unpaired) electrons. The highest BCUT2D eigenvalue weighted by Crippen LogP contribution is 2.31. The van der Waals surface area contributed by atoms with E-state index in [1.54, 1.807) is 18.2 Å². The minimum absolute atomic E-state index is 0.516. The standard InChI is InChI=1S/C10H4ClNOS/c11-9-1-6(5-13)2-10-8(9)3-7(4-12)14-10/h1-3,5H. The van der Waals surface area contributed by atoms with Gasteiger partial charge in [-0.25, -0.2) is 0 Å². The number of rotatable bonds is 1. The van der Waals surface area contributed by atoms with Crippen LogP contribution in [0.1, 0.15) is 15.2 Å². The van der Waals surface area contributed by atoms with Gasteiger partial charge in [-0.15, -0.1) is 11.3 Å². The molecule has 0 N–H and O–H groups in total. The second-order valence-corrected chi connectivity index (χ2v) is 4.25. The van der Waals surface area contributed by atoms with Gasteiger partial charge in [0.15, 0.2) is 0 Å². The highest BCUT2D eigenvalue weighted by atomic mass is 35.5. The third kappa shape index (κ3) is 1.39. The third-order valence-electron chi connectivity index (χ3n) is 1.86. The SMILES string of the molecule is N#Cc1cc2c(Cl)cc(C=O)cc2s1.